The summed E-state index contributed by atoms with van der Waals surface area (Å²) in [5, 5.41) is 6.32. The fourth-order valence-electron chi connectivity index (χ4n) is 1.29. The highest BCUT2D eigenvalue weighted by Crippen LogP contribution is 2.24. The third-order valence-corrected chi connectivity index (χ3v) is 3.35. The predicted molar refractivity (Wildman–Crippen MR) is 71.1 cm³/mol. The minimum atomic E-state index is -0.219. The fourth-order valence-corrected chi connectivity index (χ4v) is 2.03. The number of hydrogen-bond acceptors (Lipinski definition) is 5. The molecule has 92 valence electrons. The summed E-state index contributed by atoms with van der Waals surface area (Å²) >= 11 is 1.23. The van der Waals surface area contributed by atoms with Crippen LogP contribution in [0.25, 0.3) is 0 Å². The van der Waals surface area contributed by atoms with E-state index in [2.05, 4.69) is 21.5 Å². The number of carbonyl (C=O) groups excluding carboxylic acids is 1. The Bertz CT molecular complexity index is 435. The van der Waals surface area contributed by atoms with Gasteiger partial charge >= 0.3 is 0 Å². The first-order valence-electron chi connectivity index (χ1n) is 5.30. The zero-order valence-electron chi connectivity index (χ0n) is 9.91. The molecule has 1 aromatic rings. The van der Waals surface area contributed by atoms with Crippen LogP contribution in [-0.4, -0.2) is 24.0 Å². The Morgan fingerprint density at radius 2 is 2.41 bits per heavy atom. The molecule has 0 saturated heterocycles. The first kappa shape index (κ1) is 13.3. The van der Waals surface area contributed by atoms with Gasteiger partial charge in [-0.2, -0.15) is 0 Å². The lowest BCUT2D eigenvalue weighted by molar-refractivity contribution is 0.0941. The van der Waals surface area contributed by atoms with Crippen LogP contribution in [-0.2, 0) is 0 Å². The van der Waals surface area contributed by atoms with E-state index in [4.69, 9.17) is 12.2 Å². The molecule has 1 amide bonds. The zero-order valence-corrected chi connectivity index (χ0v) is 10.7. The number of hydrogen-bond donors (Lipinski definition) is 3. The summed E-state index contributed by atoms with van der Waals surface area (Å²) in [7, 11) is 1.73. The minimum Gasteiger partial charge on any atom is -0.382 e. The van der Waals surface area contributed by atoms with Gasteiger partial charge < -0.3 is 16.4 Å². The van der Waals surface area contributed by atoms with Crippen LogP contribution in [0.2, 0.25) is 0 Å². The Hall–Kier alpha value is -1.74. The Kier molecular flexibility index (Phi) is 4.79. The molecule has 0 bridgehead atoms. The van der Waals surface area contributed by atoms with Crippen LogP contribution in [0.1, 0.15) is 29.4 Å². The van der Waals surface area contributed by atoms with Crippen molar-refractivity contribution in [1.29, 1.82) is 0 Å². The van der Waals surface area contributed by atoms with Crippen molar-refractivity contribution in [2.75, 3.05) is 18.1 Å². The normalized spacial score (nSPS) is 11.6. The molecule has 1 heterocycles. The van der Waals surface area contributed by atoms with Crippen LogP contribution < -0.4 is 16.4 Å². The Balaban J connectivity index is 2.75. The molecule has 0 fully saturated rings. The SMILES string of the molecule is C#CCC(CC)NC(=O)c1sc(NC)nc1N. The van der Waals surface area contributed by atoms with Gasteiger partial charge in [0, 0.05) is 19.5 Å². The van der Waals surface area contributed by atoms with Crippen LogP contribution >= 0.6 is 11.3 Å². The van der Waals surface area contributed by atoms with Crippen LogP contribution in [0.4, 0.5) is 10.9 Å². The van der Waals surface area contributed by atoms with E-state index in [1.54, 1.807) is 7.05 Å². The molecule has 0 saturated carbocycles. The number of amides is 1. The highest BCUT2D eigenvalue weighted by atomic mass is 32.1. The minimum absolute atomic E-state index is 0.0213. The average molecular weight is 252 g/mol. The first-order chi connectivity index (χ1) is 8.12. The van der Waals surface area contributed by atoms with Crippen molar-refractivity contribution in [2.45, 2.75) is 25.8 Å². The van der Waals surface area contributed by atoms with Crippen molar-refractivity contribution in [3.05, 3.63) is 4.88 Å². The van der Waals surface area contributed by atoms with Crippen molar-refractivity contribution in [2.24, 2.45) is 0 Å². The largest absolute Gasteiger partial charge is 0.382 e. The van der Waals surface area contributed by atoms with E-state index in [9.17, 15) is 4.79 Å². The number of anilines is 2. The Labute approximate surface area is 105 Å². The number of carbonyl (C=O) groups is 1. The maximum atomic E-state index is 11.9. The molecule has 1 aromatic heterocycles. The summed E-state index contributed by atoms with van der Waals surface area (Å²) in [6, 6.07) is -0.0213. The van der Waals surface area contributed by atoms with Gasteiger partial charge in [-0.1, -0.05) is 18.3 Å². The molecule has 6 heteroatoms. The van der Waals surface area contributed by atoms with Gasteiger partial charge in [-0.25, -0.2) is 4.98 Å². The van der Waals surface area contributed by atoms with E-state index in [0.717, 1.165) is 6.42 Å². The van der Waals surface area contributed by atoms with Crippen molar-refractivity contribution < 1.29 is 4.79 Å². The number of aromatic nitrogens is 1. The third kappa shape index (κ3) is 3.36. The number of nitrogens with zero attached hydrogens (tertiary/aromatic N) is 1. The second kappa shape index (κ2) is 6.11. The molecule has 0 aliphatic rings. The van der Waals surface area contributed by atoms with E-state index >= 15 is 0 Å². The standard InChI is InChI=1S/C11H16N4OS/c1-4-6-7(5-2)14-10(16)8-9(12)15-11(13-3)17-8/h1,7H,5-6,12H2,2-3H3,(H,13,15)(H,14,16). The molecule has 1 unspecified atom stereocenters. The summed E-state index contributed by atoms with van der Waals surface area (Å²) in [5.74, 6) is 2.56. The molecule has 17 heavy (non-hydrogen) atoms. The number of rotatable bonds is 5. The molecule has 1 atom stereocenters. The number of nitrogens with two attached hydrogens (primary N) is 1. The van der Waals surface area contributed by atoms with Gasteiger partial charge in [0.15, 0.2) is 5.13 Å². The number of nitrogen functional groups attached to an aromatic ring is 1. The summed E-state index contributed by atoms with van der Waals surface area (Å²) in [6.07, 6.45) is 6.53. The molecule has 0 aliphatic carbocycles. The summed E-state index contributed by atoms with van der Waals surface area (Å²) < 4.78 is 0. The number of nitrogens with one attached hydrogen (secondary N) is 2. The van der Waals surface area contributed by atoms with E-state index in [-0.39, 0.29) is 17.8 Å². The van der Waals surface area contributed by atoms with Gasteiger partial charge in [0.25, 0.3) is 5.91 Å². The lowest BCUT2D eigenvalue weighted by Crippen LogP contribution is -2.33. The molecule has 0 spiro atoms. The molecule has 5 nitrogen and oxygen atoms in total. The van der Waals surface area contributed by atoms with Crippen LogP contribution in [0.3, 0.4) is 0 Å². The summed E-state index contributed by atoms with van der Waals surface area (Å²) in [4.78, 5) is 16.4. The van der Waals surface area contributed by atoms with Gasteiger partial charge in [0.2, 0.25) is 0 Å². The lowest BCUT2D eigenvalue weighted by Gasteiger charge is -2.13. The molecular formula is C11H16N4OS. The summed E-state index contributed by atoms with van der Waals surface area (Å²) in [6.45, 7) is 1.97. The maximum Gasteiger partial charge on any atom is 0.265 e. The number of terminal acetylenes is 1. The van der Waals surface area contributed by atoms with Crippen LogP contribution in [0.15, 0.2) is 0 Å². The molecular weight excluding hydrogens is 236 g/mol. The Morgan fingerprint density at radius 3 is 2.88 bits per heavy atom. The second-order valence-corrected chi connectivity index (χ2v) is 4.47. The van der Waals surface area contributed by atoms with Crippen LogP contribution in [0, 0.1) is 12.3 Å². The molecule has 4 N–H and O–H groups in total. The second-order valence-electron chi connectivity index (χ2n) is 3.47. The van der Waals surface area contributed by atoms with Crippen molar-refractivity contribution >= 4 is 28.2 Å². The van der Waals surface area contributed by atoms with Gasteiger partial charge in [-0.15, -0.1) is 12.3 Å². The molecule has 1 rings (SSSR count). The maximum absolute atomic E-state index is 11.9. The highest BCUT2D eigenvalue weighted by molar-refractivity contribution is 7.18. The van der Waals surface area contributed by atoms with Gasteiger partial charge in [-0.3, -0.25) is 4.79 Å². The van der Waals surface area contributed by atoms with E-state index in [0.29, 0.717) is 16.4 Å². The molecule has 0 aromatic carbocycles. The van der Waals surface area contributed by atoms with E-state index in [1.165, 1.54) is 11.3 Å². The van der Waals surface area contributed by atoms with Gasteiger partial charge in [0.05, 0.1) is 0 Å². The van der Waals surface area contributed by atoms with Gasteiger partial charge in [-0.05, 0) is 6.42 Å². The fraction of sp³-hybridized carbons (Fsp3) is 0.455. The predicted octanol–water partition coefficient (Wildman–Crippen LogP) is 1.30. The first-order valence-corrected chi connectivity index (χ1v) is 6.12. The smallest absolute Gasteiger partial charge is 0.265 e. The van der Waals surface area contributed by atoms with Crippen LogP contribution in [0.5, 0.6) is 0 Å². The Morgan fingerprint density at radius 1 is 1.71 bits per heavy atom. The molecule has 0 aliphatic heterocycles. The monoisotopic (exact) mass is 252 g/mol. The highest BCUT2D eigenvalue weighted by Gasteiger charge is 2.18. The lowest BCUT2D eigenvalue weighted by atomic mass is 10.1. The summed E-state index contributed by atoms with van der Waals surface area (Å²) in [5.41, 5.74) is 5.67. The number of thiazole rings is 1. The quantitative estimate of drug-likeness (QED) is 0.690. The molecule has 0 radical (unpaired) electrons. The van der Waals surface area contributed by atoms with Crippen molar-refractivity contribution in [1.82, 2.24) is 10.3 Å². The van der Waals surface area contributed by atoms with E-state index in [1.807, 2.05) is 6.92 Å². The van der Waals surface area contributed by atoms with Crippen molar-refractivity contribution in [3.8, 4) is 12.3 Å². The van der Waals surface area contributed by atoms with Crippen molar-refractivity contribution in [3.63, 3.8) is 0 Å². The topological polar surface area (TPSA) is 80.0 Å². The third-order valence-electron chi connectivity index (χ3n) is 2.27. The average Bonchev–Trinajstić information content (AvgIpc) is 2.70. The van der Waals surface area contributed by atoms with Gasteiger partial charge in [0.1, 0.15) is 10.7 Å². The zero-order chi connectivity index (χ0) is 12.8. The van der Waals surface area contributed by atoms with E-state index < -0.39 is 0 Å².